The molecule has 1 nitrogen and oxygen atoms in total. The van der Waals surface area contributed by atoms with Crippen LogP contribution in [-0.4, -0.2) is 11.9 Å². The molecule has 0 aromatic heterocycles. The van der Waals surface area contributed by atoms with Gasteiger partial charge in [-0.2, -0.15) is 0 Å². The normalized spacial score (nSPS) is 12.6. The molecule has 0 bridgehead atoms. The van der Waals surface area contributed by atoms with E-state index in [1.807, 2.05) is 30.3 Å². The predicted molar refractivity (Wildman–Crippen MR) is 53.8 cm³/mol. The molecule has 0 aliphatic rings. The van der Waals surface area contributed by atoms with Crippen LogP contribution in [-0.2, 0) is 0 Å². The topological polar surface area (TPSA) is 20.2 Å². The van der Waals surface area contributed by atoms with E-state index < -0.39 is 0 Å². The van der Waals surface area contributed by atoms with Crippen molar-refractivity contribution in [3.05, 3.63) is 30.3 Å². The first-order valence-electron chi connectivity index (χ1n) is 4.48. The first kappa shape index (κ1) is 9.33. The van der Waals surface area contributed by atoms with Gasteiger partial charge in [0.2, 0.25) is 0 Å². The Morgan fingerprint density at radius 1 is 1.33 bits per heavy atom. The summed E-state index contributed by atoms with van der Waals surface area (Å²) in [5, 5.41) is 9.79. The van der Waals surface area contributed by atoms with Crippen LogP contribution in [0.3, 0.4) is 0 Å². The van der Waals surface area contributed by atoms with Crippen molar-refractivity contribution in [1.82, 2.24) is 0 Å². The van der Waals surface area contributed by atoms with E-state index in [-0.39, 0.29) is 6.92 Å². The molecular formula is C10H15BO. The second-order valence-electron chi connectivity index (χ2n) is 3.24. The van der Waals surface area contributed by atoms with Gasteiger partial charge < -0.3 is 5.02 Å². The molecule has 0 amide bonds. The third-order valence-electron chi connectivity index (χ3n) is 2.32. The Morgan fingerprint density at radius 3 is 2.42 bits per heavy atom. The van der Waals surface area contributed by atoms with Crippen LogP contribution >= 0.6 is 0 Å². The zero-order chi connectivity index (χ0) is 8.97. The molecule has 1 rings (SSSR count). The van der Waals surface area contributed by atoms with Crippen molar-refractivity contribution in [2.75, 3.05) is 0 Å². The highest BCUT2D eigenvalue weighted by molar-refractivity contribution is 6.67. The molecule has 0 saturated heterocycles. The van der Waals surface area contributed by atoms with Crippen molar-refractivity contribution in [3.8, 4) is 0 Å². The Balaban J connectivity index is 2.71. The van der Waals surface area contributed by atoms with Gasteiger partial charge in [0.25, 0.3) is 0 Å². The van der Waals surface area contributed by atoms with Gasteiger partial charge >= 0.3 is 6.92 Å². The summed E-state index contributed by atoms with van der Waals surface area (Å²) in [6.45, 7) is 3.85. The Bertz CT molecular complexity index is 223. The molecule has 1 aromatic carbocycles. The molecule has 0 heterocycles. The van der Waals surface area contributed by atoms with Crippen LogP contribution in [0.4, 0.5) is 0 Å². The maximum atomic E-state index is 9.79. The first-order chi connectivity index (χ1) is 5.75. The van der Waals surface area contributed by atoms with E-state index in [4.69, 9.17) is 0 Å². The average molecular weight is 162 g/mol. The summed E-state index contributed by atoms with van der Waals surface area (Å²) < 4.78 is 0. The molecule has 2 heteroatoms. The van der Waals surface area contributed by atoms with Gasteiger partial charge in [0, 0.05) is 0 Å². The molecule has 0 saturated carbocycles. The SMILES string of the molecule is CCC(C)B(O)c1ccccc1. The molecule has 1 N–H and O–H groups in total. The quantitative estimate of drug-likeness (QED) is 0.670. The summed E-state index contributed by atoms with van der Waals surface area (Å²) in [5.74, 6) is 0.340. The van der Waals surface area contributed by atoms with Crippen molar-refractivity contribution < 1.29 is 5.02 Å². The third-order valence-corrected chi connectivity index (χ3v) is 2.32. The Hall–Kier alpha value is -0.755. The van der Waals surface area contributed by atoms with E-state index in [1.165, 1.54) is 0 Å². The molecule has 1 unspecified atom stereocenters. The minimum Gasteiger partial charge on any atom is -0.446 e. The van der Waals surface area contributed by atoms with Crippen LogP contribution in [0.2, 0.25) is 5.82 Å². The lowest BCUT2D eigenvalue weighted by molar-refractivity contribution is 0.559. The zero-order valence-corrected chi connectivity index (χ0v) is 7.70. The van der Waals surface area contributed by atoms with Gasteiger partial charge in [-0.25, -0.2) is 0 Å². The van der Waals surface area contributed by atoms with E-state index in [0.29, 0.717) is 5.82 Å². The molecule has 0 spiro atoms. The Kier molecular flexibility index (Phi) is 3.36. The van der Waals surface area contributed by atoms with Gasteiger partial charge in [-0.05, 0) is 11.3 Å². The highest BCUT2D eigenvalue weighted by Crippen LogP contribution is 2.10. The van der Waals surface area contributed by atoms with Crippen molar-refractivity contribution in [3.63, 3.8) is 0 Å². The molecule has 12 heavy (non-hydrogen) atoms. The largest absolute Gasteiger partial charge is 0.446 e. The molecule has 0 radical (unpaired) electrons. The second kappa shape index (κ2) is 4.32. The summed E-state index contributed by atoms with van der Waals surface area (Å²) in [5.41, 5.74) is 1.02. The minimum atomic E-state index is -0.309. The zero-order valence-electron chi connectivity index (χ0n) is 7.70. The van der Waals surface area contributed by atoms with Gasteiger partial charge in [0.15, 0.2) is 0 Å². The van der Waals surface area contributed by atoms with E-state index >= 15 is 0 Å². The van der Waals surface area contributed by atoms with E-state index in [1.54, 1.807) is 0 Å². The fraction of sp³-hybridized carbons (Fsp3) is 0.400. The summed E-state index contributed by atoms with van der Waals surface area (Å²) in [6, 6.07) is 9.82. The van der Waals surface area contributed by atoms with Gasteiger partial charge in [0.05, 0.1) is 0 Å². The molecule has 0 fully saturated rings. The lowest BCUT2D eigenvalue weighted by Crippen LogP contribution is -2.33. The molecule has 64 valence electrons. The van der Waals surface area contributed by atoms with Crippen LogP contribution in [0.15, 0.2) is 30.3 Å². The first-order valence-corrected chi connectivity index (χ1v) is 4.48. The highest BCUT2D eigenvalue weighted by Gasteiger charge is 2.19. The minimum absolute atomic E-state index is 0.309. The van der Waals surface area contributed by atoms with Crippen LogP contribution in [0.25, 0.3) is 0 Å². The average Bonchev–Trinajstić information content (AvgIpc) is 2.17. The molecular weight excluding hydrogens is 147 g/mol. The molecule has 0 aliphatic heterocycles. The van der Waals surface area contributed by atoms with Crippen LogP contribution in [0, 0.1) is 0 Å². The van der Waals surface area contributed by atoms with Crippen molar-refractivity contribution >= 4 is 12.4 Å². The fourth-order valence-corrected chi connectivity index (χ4v) is 1.20. The summed E-state index contributed by atoms with van der Waals surface area (Å²) in [6.07, 6.45) is 1.01. The van der Waals surface area contributed by atoms with Crippen LogP contribution < -0.4 is 5.46 Å². The lowest BCUT2D eigenvalue weighted by Gasteiger charge is -2.12. The monoisotopic (exact) mass is 162 g/mol. The summed E-state index contributed by atoms with van der Waals surface area (Å²) in [4.78, 5) is 0. The second-order valence-corrected chi connectivity index (χ2v) is 3.24. The fourth-order valence-electron chi connectivity index (χ4n) is 1.20. The lowest BCUT2D eigenvalue weighted by atomic mass is 9.51. The van der Waals surface area contributed by atoms with Crippen LogP contribution in [0.1, 0.15) is 20.3 Å². The third kappa shape index (κ3) is 2.11. The smallest absolute Gasteiger partial charge is 0.326 e. The number of rotatable bonds is 3. The number of hydrogen-bond acceptors (Lipinski definition) is 1. The Labute approximate surface area is 74.5 Å². The van der Waals surface area contributed by atoms with Crippen molar-refractivity contribution in [2.45, 2.75) is 26.1 Å². The molecule has 0 aliphatic carbocycles. The Morgan fingerprint density at radius 2 is 1.92 bits per heavy atom. The highest BCUT2D eigenvalue weighted by atomic mass is 16.2. The predicted octanol–water partition coefficient (Wildman–Crippen LogP) is 1.68. The standard InChI is InChI=1S/C10H15BO/c1-3-9(2)11(12)10-7-5-4-6-8-10/h4-9,12H,3H2,1-2H3. The molecule has 1 aromatic rings. The number of benzene rings is 1. The number of hydrogen-bond donors (Lipinski definition) is 1. The summed E-state index contributed by atoms with van der Waals surface area (Å²) >= 11 is 0. The maximum Gasteiger partial charge on any atom is 0.326 e. The van der Waals surface area contributed by atoms with Gasteiger partial charge in [-0.3, -0.25) is 0 Å². The van der Waals surface area contributed by atoms with E-state index in [0.717, 1.165) is 11.9 Å². The van der Waals surface area contributed by atoms with Crippen molar-refractivity contribution in [2.24, 2.45) is 0 Å². The molecule has 1 atom stereocenters. The van der Waals surface area contributed by atoms with Crippen LogP contribution in [0.5, 0.6) is 0 Å². The maximum absolute atomic E-state index is 9.79. The van der Waals surface area contributed by atoms with E-state index in [2.05, 4.69) is 13.8 Å². The summed E-state index contributed by atoms with van der Waals surface area (Å²) in [7, 11) is 0. The van der Waals surface area contributed by atoms with Gasteiger partial charge in [0.1, 0.15) is 0 Å². The van der Waals surface area contributed by atoms with Crippen molar-refractivity contribution in [1.29, 1.82) is 0 Å². The van der Waals surface area contributed by atoms with E-state index in [9.17, 15) is 5.02 Å². The van der Waals surface area contributed by atoms with Gasteiger partial charge in [-0.15, -0.1) is 0 Å². The van der Waals surface area contributed by atoms with Gasteiger partial charge in [-0.1, -0.05) is 50.6 Å².